The van der Waals surface area contributed by atoms with E-state index in [1.54, 1.807) is 30.2 Å². The Hall–Kier alpha value is -2.73. The van der Waals surface area contributed by atoms with Gasteiger partial charge in [0.25, 0.3) is 0 Å². The molecular weight excluding hydrogens is 354 g/mol. The van der Waals surface area contributed by atoms with Crippen LogP contribution in [0, 0.1) is 5.92 Å². The minimum absolute atomic E-state index is 0.0376. The summed E-state index contributed by atoms with van der Waals surface area (Å²) in [4.78, 5) is 26.4. The van der Waals surface area contributed by atoms with Crippen molar-refractivity contribution in [2.24, 2.45) is 5.92 Å². The molecule has 1 fully saturated rings. The molecule has 1 heterocycles. The monoisotopic (exact) mass is 373 g/mol. The zero-order valence-corrected chi connectivity index (χ0v) is 15.1. The summed E-state index contributed by atoms with van der Waals surface area (Å²) in [5.41, 5.74) is 7.66. The van der Waals surface area contributed by atoms with Gasteiger partial charge in [-0.1, -0.05) is 23.7 Å². The largest absolute Gasteiger partial charge is 0.497 e. The molecule has 0 saturated carbocycles. The van der Waals surface area contributed by atoms with Crippen molar-refractivity contribution < 1.29 is 14.3 Å². The van der Waals surface area contributed by atoms with Gasteiger partial charge >= 0.3 is 0 Å². The molecule has 1 saturated heterocycles. The maximum absolute atomic E-state index is 12.5. The molecular formula is C19H20ClN3O3. The van der Waals surface area contributed by atoms with E-state index >= 15 is 0 Å². The summed E-state index contributed by atoms with van der Waals surface area (Å²) in [6.07, 6.45) is 0.189. The average Bonchev–Trinajstić information content (AvgIpc) is 2.99. The van der Waals surface area contributed by atoms with Gasteiger partial charge in [0.1, 0.15) is 5.75 Å². The van der Waals surface area contributed by atoms with Crippen molar-refractivity contribution >= 4 is 34.8 Å². The van der Waals surface area contributed by atoms with Crippen LogP contribution in [0.1, 0.15) is 12.0 Å². The second-order valence-corrected chi connectivity index (χ2v) is 6.66. The highest BCUT2D eigenvalue weighted by Crippen LogP contribution is 2.27. The summed E-state index contributed by atoms with van der Waals surface area (Å²) in [7, 11) is 1.61. The fourth-order valence-electron chi connectivity index (χ4n) is 2.92. The molecule has 7 heteroatoms. The van der Waals surface area contributed by atoms with Crippen LogP contribution in [-0.4, -0.2) is 30.4 Å². The van der Waals surface area contributed by atoms with E-state index in [1.807, 2.05) is 24.3 Å². The number of benzene rings is 2. The van der Waals surface area contributed by atoms with Crippen LogP contribution in [0.2, 0.25) is 5.02 Å². The highest BCUT2D eigenvalue weighted by Gasteiger charge is 2.34. The quantitative estimate of drug-likeness (QED) is 0.789. The van der Waals surface area contributed by atoms with E-state index in [2.05, 4.69) is 5.32 Å². The van der Waals surface area contributed by atoms with Crippen LogP contribution in [-0.2, 0) is 16.1 Å². The van der Waals surface area contributed by atoms with Crippen LogP contribution in [0.4, 0.5) is 11.4 Å². The summed E-state index contributed by atoms with van der Waals surface area (Å²) in [6.45, 7) is 0.846. The van der Waals surface area contributed by atoms with Gasteiger partial charge in [-0.25, -0.2) is 0 Å². The minimum atomic E-state index is -0.408. The lowest BCUT2D eigenvalue weighted by Gasteiger charge is -2.17. The summed E-state index contributed by atoms with van der Waals surface area (Å²) in [5, 5.41) is 3.15. The van der Waals surface area contributed by atoms with Crippen molar-refractivity contribution in [3.05, 3.63) is 53.1 Å². The highest BCUT2D eigenvalue weighted by molar-refractivity contribution is 6.34. The smallest absolute Gasteiger partial charge is 0.229 e. The standard InChI is InChI=1S/C19H20ClN3O3/c1-26-15-5-2-12(3-6-15)10-23-11-13(8-18(23)24)19(25)22-17-7-4-14(21)9-16(17)20/h2-7,9,13H,8,10-11,21H2,1H3,(H,22,25). The molecule has 0 aliphatic carbocycles. The Balaban J connectivity index is 1.61. The van der Waals surface area contributed by atoms with E-state index in [0.717, 1.165) is 11.3 Å². The third-order valence-corrected chi connectivity index (χ3v) is 4.68. The first kappa shape index (κ1) is 18.1. The Kier molecular flexibility index (Phi) is 5.32. The number of likely N-dealkylation sites (tertiary alicyclic amines) is 1. The fourth-order valence-corrected chi connectivity index (χ4v) is 3.16. The molecule has 3 rings (SSSR count). The number of hydrogen-bond donors (Lipinski definition) is 2. The number of carbonyl (C=O) groups is 2. The number of amides is 2. The number of methoxy groups -OCH3 is 1. The van der Waals surface area contributed by atoms with Crippen LogP contribution >= 0.6 is 11.6 Å². The summed E-state index contributed by atoms with van der Waals surface area (Å²) < 4.78 is 5.13. The normalized spacial score (nSPS) is 16.6. The SMILES string of the molecule is COc1ccc(CN2CC(C(=O)Nc3ccc(N)cc3Cl)CC2=O)cc1. The van der Waals surface area contributed by atoms with Crippen LogP contribution in [0.5, 0.6) is 5.75 Å². The molecule has 1 aliphatic rings. The molecule has 0 bridgehead atoms. The van der Waals surface area contributed by atoms with Crippen molar-refractivity contribution in [2.75, 3.05) is 24.7 Å². The molecule has 1 aliphatic heterocycles. The number of ether oxygens (including phenoxy) is 1. The van der Waals surface area contributed by atoms with Crippen LogP contribution in [0.3, 0.4) is 0 Å². The van der Waals surface area contributed by atoms with E-state index in [-0.39, 0.29) is 18.2 Å². The van der Waals surface area contributed by atoms with Gasteiger partial charge in [0.2, 0.25) is 11.8 Å². The Morgan fingerprint density at radius 3 is 2.69 bits per heavy atom. The molecule has 2 amide bonds. The minimum Gasteiger partial charge on any atom is -0.497 e. The lowest BCUT2D eigenvalue weighted by atomic mass is 10.1. The molecule has 2 aromatic rings. The summed E-state index contributed by atoms with van der Waals surface area (Å²) in [5.74, 6) is 0.0973. The number of rotatable bonds is 5. The van der Waals surface area contributed by atoms with Crippen molar-refractivity contribution in [1.82, 2.24) is 4.90 Å². The van der Waals surface area contributed by atoms with Gasteiger partial charge in [0, 0.05) is 25.2 Å². The van der Waals surface area contributed by atoms with Crippen molar-refractivity contribution in [3.8, 4) is 5.75 Å². The second-order valence-electron chi connectivity index (χ2n) is 6.25. The molecule has 1 unspecified atom stereocenters. The van der Waals surface area contributed by atoms with E-state index in [9.17, 15) is 9.59 Å². The van der Waals surface area contributed by atoms with Crippen molar-refractivity contribution in [1.29, 1.82) is 0 Å². The van der Waals surface area contributed by atoms with Crippen molar-refractivity contribution in [2.45, 2.75) is 13.0 Å². The van der Waals surface area contributed by atoms with E-state index in [1.165, 1.54) is 0 Å². The zero-order valence-electron chi connectivity index (χ0n) is 14.4. The summed E-state index contributed by atoms with van der Waals surface area (Å²) in [6, 6.07) is 12.4. The molecule has 6 nitrogen and oxygen atoms in total. The molecule has 3 N–H and O–H groups in total. The third kappa shape index (κ3) is 4.08. The lowest BCUT2D eigenvalue weighted by molar-refractivity contribution is -0.128. The molecule has 2 aromatic carbocycles. The molecule has 136 valence electrons. The van der Waals surface area contributed by atoms with E-state index in [4.69, 9.17) is 22.1 Å². The van der Waals surface area contributed by atoms with Crippen LogP contribution < -0.4 is 15.8 Å². The van der Waals surface area contributed by atoms with Gasteiger partial charge < -0.3 is 20.7 Å². The number of hydrogen-bond acceptors (Lipinski definition) is 4. The van der Waals surface area contributed by atoms with Crippen molar-refractivity contribution in [3.63, 3.8) is 0 Å². The topological polar surface area (TPSA) is 84.7 Å². The Bertz CT molecular complexity index is 823. The van der Waals surface area contributed by atoms with E-state index < -0.39 is 5.92 Å². The predicted octanol–water partition coefficient (Wildman–Crippen LogP) is 2.92. The number of halogens is 1. The van der Waals surface area contributed by atoms with Gasteiger partial charge in [-0.15, -0.1) is 0 Å². The number of nitrogens with two attached hydrogens (primary N) is 1. The van der Waals surface area contributed by atoms with Gasteiger partial charge in [-0.2, -0.15) is 0 Å². The Labute approximate surface area is 156 Å². The van der Waals surface area contributed by atoms with Crippen LogP contribution in [0.25, 0.3) is 0 Å². The number of nitrogen functional groups attached to an aromatic ring is 1. The van der Waals surface area contributed by atoms with E-state index in [0.29, 0.717) is 29.5 Å². The number of carbonyl (C=O) groups excluding carboxylic acids is 2. The fraction of sp³-hybridized carbons (Fsp3) is 0.263. The molecule has 1 atom stereocenters. The maximum atomic E-state index is 12.5. The zero-order chi connectivity index (χ0) is 18.7. The predicted molar refractivity (Wildman–Crippen MR) is 101 cm³/mol. The van der Waals surface area contributed by atoms with Gasteiger partial charge in [0.05, 0.1) is 23.7 Å². The highest BCUT2D eigenvalue weighted by atomic mass is 35.5. The first-order valence-electron chi connectivity index (χ1n) is 8.23. The second kappa shape index (κ2) is 7.66. The average molecular weight is 374 g/mol. The summed E-state index contributed by atoms with van der Waals surface area (Å²) >= 11 is 6.09. The molecule has 0 spiro atoms. The number of nitrogens with one attached hydrogen (secondary N) is 1. The number of nitrogens with zero attached hydrogens (tertiary/aromatic N) is 1. The third-order valence-electron chi connectivity index (χ3n) is 4.37. The lowest BCUT2D eigenvalue weighted by Crippen LogP contribution is -2.28. The maximum Gasteiger partial charge on any atom is 0.229 e. The Morgan fingerprint density at radius 1 is 1.31 bits per heavy atom. The molecule has 0 aromatic heterocycles. The van der Waals surface area contributed by atoms with Gasteiger partial charge in [-0.3, -0.25) is 9.59 Å². The Morgan fingerprint density at radius 2 is 2.04 bits per heavy atom. The van der Waals surface area contributed by atoms with Gasteiger partial charge in [-0.05, 0) is 35.9 Å². The molecule has 0 radical (unpaired) electrons. The first-order chi connectivity index (χ1) is 12.5. The number of anilines is 2. The van der Waals surface area contributed by atoms with Crippen LogP contribution in [0.15, 0.2) is 42.5 Å². The molecule has 26 heavy (non-hydrogen) atoms. The first-order valence-corrected chi connectivity index (χ1v) is 8.60. The van der Waals surface area contributed by atoms with Gasteiger partial charge in [0.15, 0.2) is 0 Å².